The lowest BCUT2D eigenvalue weighted by Crippen LogP contribution is -2.12. The number of carboxylic acids is 1. The molecule has 3 heteroatoms. The van der Waals surface area contributed by atoms with E-state index >= 15 is 0 Å². The lowest BCUT2D eigenvalue weighted by Gasteiger charge is -2.03. The van der Waals surface area contributed by atoms with Crippen molar-refractivity contribution in [2.24, 2.45) is 11.8 Å². The smallest absolute Gasteiger partial charge is 0.337 e. The Morgan fingerprint density at radius 3 is 2.24 bits per heavy atom. The highest BCUT2D eigenvalue weighted by Crippen LogP contribution is 2.38. The van der Waals surface area contributed by atoms with Crippen molar-refractivity contribution in [3.63, 3.8) is 0 Å². The average Bonchev–Trinajstić information content (AvgIpc) is 2.94. The Hall–Kier alpha value is -1.64. The first kappa shape index (κ1) is 11.8. The predicted molar refractivity (Wildman–Crippen MR) is 67.2 cm³/mol. The molecule has 2 atom stereocenters. The van der Waals surface area contributed by atoms with Crippen LogP contribution in [0.1, 0.15) is 25.7 Å². The summed E-state index contributed by atoms with van der Waals surface area (Å²) in [5, 5.41) is 15.6. The molecule has 3 nitrogen and oxygen atoms in total. The highest BCUT2D eigenvalue weighted by Gasteiger charge is 2.25. The average molecular weight is 231 g/mol. The van der Waals surface area contributed by atoms with Gasteiger partial charge >= 0.3 is 5.97 Å². The molecule has 0 aromatic carbocycles. The van der Waals surface area contributed by atoms with E-state index in [-0.39, 0.29) is 11.3 Å². The van der Waals surface area contributed by atoms with Crippen LogP contribution < -0.4 is 0 Å². The fourth-order valence-electron chi connectivity index (χ4n) is 2.48. The van der Waals surface area contributed by atoms with E-state index in [2.05, 4.69) is 12.2 Å². The third-order valence-electron chi connectivity index (χ3n) is 3.45. The van der Waals surface area contributed by atoms with Crippen LogP contribution in [0.4, 0.5) is 0 Å². The fraction of sp³-hybridized carbons (Fsp3) is 0.429. The summed E-state index contributed by atoms with van der Waals surface area (Å²) in [5.74, 6) is 0.962. The monoisotopic (exact) mass is 231 g/mol. The van der Waals surface area contributed by atoms with E-state index in [1.165, 1.54) is 25.3 Å². The van der Waals surface area contributed by atoms with Gasteiger partial charge in [0.2, 0.25) is 0 Å². The number of allylic oxidation sites excluding steroid dienone is 5. The molecule has 2 N–H and O–H groups in total. The van der Waals surface area contributed by atoms with E-state index in [1.54, 1.807) is 12.2 Å². The van der Waals surface area contributed by atoms with Crippen molar-refractivity contribution in [3.8, 4) is 0 Å². The van der Waals surface area contributed by atoms with Crippen LogP contribution in [0, 0.1) is 17.2 Å². The van der Waals surface area contributed by atoms with Gasteiger partial charge in [-0.05, 0) is 37.2 Å². The molecule has 17 heavy (non-hydrogen) atoms. The number of carboxylic acid groups (broad SMARTS) is 1. The molecule has 2 bridgehead atoms. The molecular formula is C14H17NO2. The molecule has 0 amide bonds. The summed E-state index contributed by atoms with van der Waals surface area (Å²) in [4.78, 5) is 10.3. The molecular weight excluding hydrogens is 214 g/mol. The van der Waals surface area contributed by atoms with Gasteiger partial charge in [-0.1, -0.05) is 24.3 Å². The molecule has 3 rings (SSSR count). The van der Waals surface area contributed by atoms with Crippen molar-refractivity contribution in [2.75, 3.05) is 0 Å². The first-order valence-electron chi connectivity index (χ1n) is 6.03. The minimum Gasteiger partial charge on any atom is -0.478 e. The Kier molecular flexibility index (Phi) is 3.57. The molecule has 0 aromatic heterocycles. The van der Waals surface area contributed by atoms with Crippen molar-refractivity contribution in [1.29, 1.82) is 5.41 Å². The number of hydrogen-bond acceptors (Lipinski definition) is 2. The quantitative estimate of drug-likeness (QED) is 0.681. The third-order valence-corrected chi connectivity index (χ3v) is 3.45. The Labute approximate surface area is 101 Å². The Morgan fingerprint density at radius 1 is 1.29 bits per heavy atom. The molecule has 3 aliphatic rings. The molecule has 0 heterocycles. The molecule has 0 aliphatic heterocycles. The molecule has 2 unspecified atom stereocenters. The van der Waals surface area contributed by atoms with Crippen LogP contribution in [-0.2, 0) is 4.79 Å². The summed E-state index contributed by atoms with van der Waals surface area (Å²) in [6.07, 6.45) is 14.5. The second-order valence-electron chi connectivity index (χ2n) is 4.71. The van der Waals surface area contributed by atoms with E-state index in [9.17, 15) is 4.79 Å². The van der Waals surface area contributed by atoms with Crippen LogP contribution in [0.15, 0.2) is 36.0 Å². The van der Waals surface area contributed by atoms with Gasteiger partial charge in [-0.3, -0.25) is 0 Å². The fourth-order valence-corrected chi connectivity index (χ4v) is 2.48. The summed E-state index contributed by atoms with van der Waals surface area (Å²) >= 11 is 0. The van der Waals surface area contributed by atoms with Crippen LogP contribution in [-0.4, -0.2) is 16.8 Å². The largest absolute Gasteiger partial charge is 0.478 e. The SMILES string of the molecule is C1=CC2CCC1C2.N=C1CC=CC=C1C(=O)O. The summed E-state index contributed by atoms with van der Waals surface area (Å²) in [7, 11) is 0. The van der Waals surface area contributed by atoms with Crippen molar-refractivity contribution >= 4 is 11.7 Å². The molecule has 0 spiro atoms. The number of fused-ring (bicyclic) bond motifs is 2. The molecule has 0 saturated heterocycles. The van der Waals surface area contributed by atoms with Crippen molar-refractivity contribution in [1.82, 2.24) is 0 Å². The summed E-state index contributed by atoms with van der Waals surface area (Å²) < 4.78 is 0. The van der Waals surface area contributed by atoms with Crippen molar-refractivity contribution < 1.29 is 9.90 Å². The molecule has 1 fully saturated rings. The minimum atomic E-state index is -1.02. The molecule has 0 aromatic rings. The van der Waals surface area contributed by atoms with Gasteiger partial charge in [0.25, 0.3) is 0 Å². The molecule has 1 saturated carbocycles. The maximum atomic E-state index is 10.3. The van der Waals surface area contributed by atoms with Crippen LogP contribution in [0.3, 0.4) is 0 Å². The maximum absolute atomic E-state index is 10.3. The third kappa shape index (κ3) is 2.93. The van der Waals surface area contributed by atoms with Gasteiger partial charge in [0, 0.05) is 12.1 Å². The Morgan fingerprint density at radius 2 is 1.94 bits per heavy atom. The molecule has 90 valence electrons. The van der Waals surface area contributed by atoms with Gasteiger partial charge in [0.15, 0.2) is 0 Å². The number of rotatable bonds is 1. The predicted octanol–water partition coefficient (Wildman–Crippen LogP) is 2.95. The number of hydrogen-bond donors (Lipinski definition) is 2. The zero-order chi connectivity index (χ0) is 12.3. The summed E-state index contributed by atoms with van der Waals surface area (Å²) in [6.45, 7) is 0. The first-order valence-corrected chi connectivity index (χ1v) is 6.03. The van der Waals surface area contributed by atoms with E-state index in [1.807, 2.05) is 0 Å². The second kappa shape index (κ2) is 5.13. The number of nitrogens with one attached hydrogen (secondary N) is 1. The van der Waals surface area contributed by atoms with Crippen LogP contribution >= 0.6 is 0 Å². The van der Waals surface area contributed by atoms with Gasteiger partial charge in [0.05, 0.1) is 5.57 Å². The van der Waals surface area contributed by atoms with Crippen LogP contribution in [0.5, 0.6) is 0 Å². The van der Waals surface area contributed by atoms with Crippen LogP contribution in [0.2, 0.25) is 0 Å². The van der Waals surface area contributed by atoms with Gasteiger partial charge < -0.3 is 10.5 Å². The highest BCUT2D eigenvalue weighted by molar-refractivity contribution is 6.19. The summed E-state index contributed by atoms with van der Waals surface area (Å²) in [5.41, 5.74) is 0.275. The zero-order valence-corrected chi connectivity index (χ0v) is 9.73. The zero-order valence-electron chi connectivity index (χ0n) is 9.73. The number of carbonyl (C=O) groups is 1. The normalized spacial score (nSPS) is 28.7. The van der Waals surface area contributed by atoms with Gasteiger partial charge in [-0.25, -0.2) is 4.79 Å². The lowest BCUT2D eigenvalue weighted by atomic mass is 10.0. The molecule has 0 radical (unpaired) electrons. The van der Waals surface area contributed by atoms with Crippen molar-refractivity contribution in [3.05, 3.63) is 36.0 Å². The first-order chi connectivity index (χ1) is 8.16. The van der Waals surface area contributed by atoms with Gasteiger partial charge in [-0.2, -0.15) is 0 Å². The van der Waals surface area contributed by atoms with E-state index in [0.717, 1.165) is 11.8 Å². The minimum absolute atomic E-state index is 0.0995. The van der Waals surface area contributed by atoms with E-state index < -0.39 is 5.97 Å². The molecule has 3 aliphatic carbocycles. The van der Waals surface area contributed by atoms with Crippen molar-refractivity contribution in [2.45, 2.75) is 25.7 Å². The van der Waals surface area contributed by atoms with E-state index in [4.69, 9.17) is 10.5 Å². The standard InChI is InChI=1S/C7H7NO2.C7H10/c8-6-4-2-1-3-5(6)7(9)10;1-2-7-4-3-6(1)5-7/h1-3,8H,4H2,(H,9,10);1-2,6-7H,3-5H2. The van der Waals surface area contributed by atoms with Gasteiger partial charge in [0.1, 0.15) is 0 Å². The lowest BCUT2D eigenvalue weighted by molar-refractivity contribution is -0.132. The summed E-state index contributed by atoms with van der Waals surface area (Å²) in [6, 6.07) is 0. The van der Waals surface area contributed by atoms with Crippen LogP contribution in [0.25, 0.3) is 0 Å². The Bertz CT molecular complexity index is 406. The highest BCUT2D eigenvalue weighted by atomic mass is 16.4. The van der Waals surface area contributed by atoms with Gasteiger partial charge in [-0.15, -0.1) is 0 Å². The van der Waals surface area contributed by atoms with E-state index in [0.29, 0.717) is 6.42 Å². The topological polar surface area (TPSA) is 61.2 Å². The number of aliphatic carboxylic acids is 1. The second-order valence-corrected chi connectivity index (χ2v) is 4.71. The maximum Gasteiger partial charge on any atom is 0.337 e. The Balaban J connectivity index is 0.000000134.